The number of amidine groups is 1. The maximum absolute atomic E-state index is 12.4. The van der Waals surface area contributed by atoms with Crippen molar-refractivity contribution in [1.82, 2.24) is 5.32 Å². The van der Waals surface area contributed by atoms with Crippen molar-refractivity contribution in [1.29, 1.82) is 0 Å². The summed E-state index contributed by atoms with van der Waals surface area (Å²) in [6.45, 7) is 2.57. The van der Waals surface area contributed by atoms with E-state index < -0.39 is 0 Å². The molecule has 1 saturated heterocycles. The molecule has 1 fully saturated rings. The molecule has 0 unspecified atom stereocenters. The number of fused-ring (bicyclic) bond motifs is 1. The van der Waals surface area contributed by atoms with Gasteiger partial charge in [0, 0.05) is 0 Å². The molecule has 1 aliphatic heterocycles. The standard InChI is InChI=1S/C22H18N2O2S/c1-2-26-18-12-10-17(11-13-18)23-22-24-21(25)20(27-22)14-16-8-5-7-15-6-3-4-9-19(15)16/h3-14H,2H2,1H3,(H,23,24,25)/b20-14+. The summed E-state index contributed by atoms with van der Waals surface area (Å²) in [4.78, 5) is 17.5. The zero-order chi connectivity index (χ0) is 18.6. The van der Waals surface area contributed by atoms with E-state index in [1.165, 1.54) is 11.8 Å². The molecule has 3 aromatic carbocycles. The Balaban J connectivity index is 1.59. The fraction of sp³-hybridized carbons (Fsp3) is 0.0909. The van der Waals surface area contributed by atoms with E-state index in [9.17, 15) is 4.79 Å². The zero-order valence-electron chi connectivity index (χ0n) is 14.8. The molecule has 5 heteroatoms. The van der Waals surface area contributed by atoms with Gasteiger partial charge in [-0.3, -0.25) is 4.79 Å². The maximum Gasteiger partial charge on any atom is 0.264 e. The second kappa shape index (κ2) is 7.68. The van der Waals surface area contributed by atoms with Gasteiger partial charge >= 0.3 is 0 Å². The lowest BCUT2D eigenvalue weighted by Crippen LogP contribution is -2.19. The second-order valence-electron chi connectivity index (χ2n) is 5.98. The van der Waals surface area contributed by atoms with E-state index in [1.54, 1.807) is 0 Å². The summed E-state index contributed by atoms with van der Waals surface area (Å²) in [6, 6.07) is 21.7. The molecular weight excluding hydrogens is 356 g/mol. The molecule has 0 saturated carbocycles. The van der Waals surface area contributed by atoms with E-state index in [4.69, 9.17) is 4.74 Å². The molecule has 3 aromatic rings. The minimum Gasteiger partial charge on any atom is -0.494 e. The highest BCUT2D eigenvalue weighted by Gasteiger charge is 2.24. The predicted molar refractivity (Wildman–Crippen MR) is 112 cm³/mol. The van der Waals surface area contributed by atoms with Crippen LogP contribution in [0.3, 0.4) is 0 Å². The summed E-state index contributed by atoms with van der Waals surface area (Å²) in [5.41, 5.74) is 1.79. The number of rotatable bonds is 4. The molecule has 4 rings (SSSR count). The highest BCUT2D eigenvalue weighted by atomic mass is 32.2. The van der Waals surface area contributed by atoms with Crippen LogP contribution < -0.4 is 10.1 Å². The lowest BCUT2D eigenvalue weighted by molar-refractivity contribution is -0.115. The first-order valence-corrected chi connectivity index (χ1v) is 9.55. The quantitative estimate of drug-likeness (QED) is 0.644. The van der Waals surface area contributed by atoms with Crippen molar-refractivity contribution < 1.29 is 9.53 Å². The molecule has 0 radical (unpaired) electrons. The van der Waals surface area contributed by atoms with Gasteiger partial charge in [0.15, 0.2) is 5.17 Å². The first-order valence-electron chi connectivity index (χ1n) is 8.73. The Bertz CT molecular complexity index is 1050. The summed E-state index contributed by atoms with van der Waals surface area (Å²) in [5, 5.41) is 5.69. The highest BCUT2D eigenvalue weighted by Crippen LogP contribution is 2.30. The van der Waals surface area contributed by atoms with Gasteiger partial charge in [-0.15, -0.1) is 0 Å². The molecule has 4 nitrogen and oxygen atoms in total. The van der Waals surface area contributed by atoms with Gasteiger partial charge < -0.3 is 10.1 Å². The SMILES string of the molecule is CCOc1ccc(N=C2NC(=O)/C(=C\c3cccc4ccccc34)S2)cc1. The minimum absolute atomic E-state index is 0.127. The van der Waals surface area contributed by atoms with Crippen molar-refractivity contribution in [3.05, 3.63) is 77.2 Å². The van der Waals surface area contributed by atoms with Gasteiger partial charge in [-0.2, -0.15) is 0 Å². The third kappa shape index (κ3) is 3.88. The van der Waals surface area contributed by atoms with Gasteiger partial charge in [-0.05, 0) is 65.4 Å². The van der Waals surface area contributed by atoms with Crippen LogP contribution in [0.25, 0.3) is 16.8 Å². The Morgan fingerprint density at radius 2 is 1.81 bits per heavy atom. The van der Waals surface area contributed by atoms with E-state index in [1.807, 2.05) is 61.5 Å². The predicted octanol–water partition coefficient (Wildman–Crippen LogP) is 5.13. The number of aliphatic imine (C=N–C) groups is 1. The fourth-order valence-corrected chi connectivity index (χ4v) is 3.73. The fourth-order valence-electron chi connectivity index (χ4n) is 2.90. The Labute approximate surface area is 162 Å². The number of ether oxygens (including phenoxy) is 1. The summed E-state index contributed by atoms with van der Waals surface area (Å²) in [7, 11) is 0. The van der Waals surface area contributed by atoms with Gasteiger partial charge in [-0.1, -0.05) is 42.5 Å². The third-order valence-corrected chi connectivity index (χ3v) is 5.05. The molecule has 1 aliphatic rings. The molecule has 0 bridgehead atoms. The molecule has 0 aromatic heterocycles. The number of nitrogens with zero attached hydrogens (tertiary/aromatic N) is 1. The maximum atomic E-state index is 12.4. The van der Waals surface area contributed by atoms with Crippen LogP contribution in [0.5, 0.6) is 5.75 Å². The highest BCUT2D eigenvalue weighted by molar-refractivity contribution is 8.18. The van der Waals surface area contributed by atoms with Gasteiger partial charge in [0.25, 0.3) is 5.91 Å². The molecule has 1 N–H and O–H groups in total. The van der Waals surface area contributed by atoms with Gasteiger partial charge in [0.1, 0.15) is 5.75 Å². The van der Waals surface area contributed by atoms with E-state index in [2.05, 4.69) is 28.5 Å². The lowest BCUT2D eigenvalue weighted by Gasteiger charge is -2.02. The monoisotopic (exact) mass is 374 g/mol. The Morgan fingerprint density at radius 3 is 2.63 bits per heavy atom. The Hall–Kier alpha value is -3.05. The van der Waals surface area contributed by atoms with E-state index in [0.29, 0.717) is 16.7 Å². The molecule has 27 heavy (non-hydrogen) atoms. The minimum atomic E-state index is -0.127. The van der Waals surface area contributed by atoms with Crippen molar-refractivity contribution in [2.45, 2.75) is 6.92 Å². The van der Waals surface area contributed by atoms with Crippen molar-refractivity contribution >= 4 is 45.4 Å². The van der Waals surface area contributed by atoms with E-state index in [0.717, 1.165) is 27.8 Å². The van der Waals surface area contributed by atoms with Crippen molar-refractivity contribution in [3.63, 3.8) is 0 Å². The number of hydrogen-bond donors (Lipinski definition) is 1. The van der Waals surface area contributed by atoms with Crippen molar-refractivity contribution in [3.8, 4) is 5.75 Å². The van der Waals surface area contributed by atoms with Crippen molar-refractivity contribution in [2.75, 3.05) is 6.61 Å². The molecule has 134 valence electrons. The summed E-state index contributed by atoms with van der Waals surface area (Å²) in [5.74, 6) is 0.679. The molecule has 0 atom stereocenters. The average molecular weight is 374 g/mol. The normalized spacial score (nSPS) is 16.9. The van der Waals surface area contributed by atoms with Crippen LogP contribution in [0.15, 0.2) is 76.6 Å². The van der Waals surface area contributed by atoms with Crippen LogP contribution in [0.4, 0.5) is 5.69 Å². The molecule has 0 aliphatic carbocycles. The van der Waals surface area contributed by atoms with Crippen LogP contribution in [-0.4, -0.2) is 17.7 Å². The topological polar surface area (TPSA) is 50.7 Å². The number of carbonyl (C=O) groups excluding carboxylic acids is 1. The number of amides is 1. The Morgan fingerprint density at radius 1 is 1.04 bits per heavy atom. The zero-order valence-corrected chi connectivity index (χ0v) is 15.6. The number of benzene rings is 3. The van der Waals surface area contributed by atoms with Crippen LogP contribution in [0, 0.1) is 0 Å². The Kier molecular flexibility index (Phi) is 4.94. The van der Waals surface area contributed by atoms with Crippen LogP contribution >= 0.6 is 11.8 Å². The van der Waals surface area contributed by atoms with Gasteiger partial charge in [0.2, 0.25) is 0 Å². The summed E-state index contributed by atoms with van der Waals surface area (Å²) in [6.07, 6.45) is 1.92. The number of nitrogens with one attached hydrogen (secondary N) is 1. The average Bonchev–Trinajstić information content (AvgIpc) is 3.03. The summed E-state index contributed by atoms with van der Waals surface area (Å²) >= 11 is 1.35. The first kappa shape index (κ1) is 17.4. The number of hydrogen-bond acceptors (Lipinski definition) is 4. The number of carbonyl (C=O) groups is 1. The lowest BCUT2D eigenvalue weighted by atomic mass is 10.0. The summed E-state index contributed by atoms with van der Waals surface area (Å²) < 4.78 is 5.43. The molecule has 0 spiro atoms. The largest absolute Gasteiger partial charge is 0.494 e. The smallest absolute Gasteiger partial charge is 0.264 e. The van der Waals surface area contributed by atoms with Crippen LogP contribution in [0.1, 0.15) is 12.5 Å². The molecule has 1 amide bonds. The van der Waals surface area contributed by atoms with Gasteiger partial charge in [0.05, 0.1) is 17.2 Å². The van der Waals surface area contributed by atoms with E-state index >= 15 is 0 Å². The number of thioether (sulfide) groups is 1. The van der Waals surface area contributed by atoms with Gasteiger partial charge in [-0.25, -0.2) is 4.99 Å². The first-order chi connectivity index (χ1) is 13.2. The molecular formula is C22H18N2O2S. The molecule has 1 heterocycles. The van der Waals surface area contributed by atoms with E-state index in [-0.39, 0.29) is 5.91 Å². The van der Waals surface area contributed by atoms with Crippen LogP contribution in [-0.2, 0) is 4.79 Å². The second-order valence-corrected chi connectivity index (χ2v) is 7.01. The van der Waals surface area contributed by atoms with Crippen molar-refractivity contribution in [2.24, 2.45) is 4.99 Å². The third-order valence-electron chi connectivity index (χ3n) is 4.14. The van der Waals surface area contributed by atoms with Crippen LogP contribution in [0.2, 0.25) is 0 Å².